The van der Waals surface area contributed by atoms with Crippen molar-refractivity contribution in [1.29, 1.82) is 0 Å². The molecule has 104 valence electrons. The van der Waals surface area contributed by atoms with Crippen LogP contribution in [0.15, 0.2) is 18.3 Å². The molecule has 0 spiro atoms. The van der Waals surface area contributed by atoms with Crippen LogP contribution < -0.4 is 10.6 Å². The Labute approximate surface area is 109 Å². The maximum atomic E-state index is 12.6. The number of pyridine rings is 1. The van der Waals surface area contributed by atoms with Crippen molar-refractivity contribution < 1.29 is 13.2 Å². The van der Waals surface area contributed by atoms with Gasteiger partial charge in [-0.3, -0.25) is 4.98 Å². The van der Waals surface area contributed by atoms with Crippen molar-refractivity contribution in [3.63, 3.8) is 0 Å². The lowest BCUT2D eigenvalue weighted by atomic mass is 9.98. The molecule has 3 unspecified atom stereocenters. The van der Waals surface area contributed by atoms with E-state index in [0.29, 0.717) is 17.5 Å². The maximum absolute atomic E-state index is 12.6. The van der Waals surface area contributed by atoms with Crippen LogP contribution in [0, 0.1) is 11.8 Å². The minimum Gasteiger partial charge on any atom is -0.371 e. The van der Waals surface area contributed by atoms with Crippen molar-refractivity contribution in [3.05, 3.63) is 24.0 Å². The third kappa shape index (κ3) is 2.29. The van der Waals surface area contributed by atoms with Gasteiger partial charge < -0.3 is 10.6 Å². The highest BCUT2D eigenvalue weighted by Crippen LogP contribution is 2.39. The summed E-state index contributed by atoms with van der Waals surface area (Å²) >= 11 is 0. The van der Waals surface area contributed by atoms with Crippen LogP contribution in [0.1, 0.15) is 18.5 Å². The number of fused-ring (bicyclic) bond motifs is 1. The number of nitrogens with two attached hydrogens (primary N) is 1. The summed E-state index contributed by atoms with van der Waals surface area (Å²) in [5.74, 6) is 0.944. The number of hydrogen-bond donors (Lipinski definition) is 1. The van der Waals surface area contributed by atoms with Gasteiger partial charge >= 0.3 is 6.18 Å². The monoisotopic (exact) mass is 271 g/mol. The largest absolute Gasteiger partial charge is 0.433 e. The number of anilines is 1. The fourth-order valence-electron chi connectivity index (χ4n) is 3.29. The van der Waals surface area contributed by atoms with Crippen LogP contribution in [-0.2, 0) is 6.18 Å². The molecule has 3 atom stereocenters. The molecule has 1 aliphatic heterocycles. The molecule has 0 aromatic carbocycles. The Balaban J connectivity index is 1.81. The quantitative estimate of drug-likeness (QED) is 0.852. The standard InChI is InChI=1S/C13H16F3N3/c14-13(15,16)12-5-9(3-4-18-12)19-6-8-1-2-11(17)10(8)7-19/h3-5,8,10-11H,1-2,6-7,17H2. The fourth-order valence-corrected chi connectivity index (χ4v) is 3.29. The van der Waals surface area contributed by atoms with Gasteiger partial charge in [0.25, 0.3) is 0 Å². The van der Waals surface area contributed by atoms with E-state index in [2.05, 4.69) is 4.98 Å². The maximum Gasteiger partial charge on any atom is 0.433 e. The summed E-state index contributed by atoms with van der Waals surface area (Å²) in [4.78, 5) is 5.40. The Bertz CT molecular complexity index is 474. The third-order valence-electron chi connectivity index (χ3n) is 4.31. The number of alkyl halides is 3. The summed E-state index contributed by atoms with van der Waals surface area (Å²) in [5, 5.41) is 0. The minimum absolute atomic E-state index is 0.193. The normalized spacial score (nSPS) is 30.7. The molecule has 2 heterocycles. The lowest BCUT2D eigenvalue weighted by Crippen LogP contribution is -2.30. The zero-order valence-electron chi connectivity index (χ0n) is 10.4. The van der Waals surface area contributed by atoms with E-state index in [0.717, 1.165) is 32.0 Å². The van der Waals surface area contributed by atoms with Crippen LogP contribution in [0.2, 0.25) is 0 Å². The lowest BCUT2D eigenvalue weighted by Gasteiger charge is -2.21. The topological polar surface area (TPSA) is 42.1 Å². The highest BCUT2D eigenvalue weighted by atomic mass is 19.4. The molecule has 19 heavy (non-hydrogen) atoms. The van der Waals surface area contributed by atoms with Gasteiger partial charge in [-0.05, 0) is 36.8 Å². The van der Waals surface area contributed by atoms with E-state index >= 15 is 0 Å². The average Bonchev–Trinajstić information content (AvgIpc) is 2.91. The Morgan fingerprint density at radius 1 is 1.26 bits per heavy atom. The second-order valence-electron chi connectivity index (χ2n) is 5.47. The first-order valence-corrected chi connectivity index (χ1v) is 6.49. The summed E-state index contributed by atoms with van der Waals surface area (Å²) in [7, 11) is 0. The van der Waals surface area contributed by atoms with Crippen LogP contribution in [0.4, 0.5) is 18.9 Å². The Morgan fingerprint density at radius 3 is 2.74 bits per heavy atom. The summed E-state index contributed by atoms with van der Waals surface area (Å²) in [6.45, 7) is 1.56. The van der Waals surface area contributed by atoms with Crippen molar-refractivity contribution in [2.24, 2.45) is 17.6 Å². The van der Waals surface area contributed by atoms with Crippen LogP contribution in [0.5, 0.6) is 0 Å². The zero-order chi connectivity index (χ0) is 13.6. The summed E-state index contributed by atoms with van der Waals surface area (Å²) in [5.41, 5.74) is 5.81. The molecule has 3 nitrogen and oxygen atoms in total. The molecular formula is C13H16F3N3. The number of halogens is 3. The molecule has 1 aliphatic carbocycles. The molecule has 3 rings (SSSR count). The van der Waals surface area contributed by atoms with Crippen LogP contribution in [0.25, 0.3) is 0 Å². The highest BCUT2D eigenvalue weighted by Gasteiger charge is 2.41. The van der Waals surface area contributed by atoms with Gasteiger partial charge in [0.1, 0.15) is 5.69 Å². The van der Waals surface area contributed by atoms with Crippen molar-refractivity contribution in [2.45, 2.75) is 25.1 Å². The van der Waals surface area contributed by atoms with Crippen molar-refractivity contribution in [2.75, 3.05) is 18.0 Å². The fraction of sp³-hybridized carbons (Fsp3) is 0.615. The smallest absolute Gasteiger partial charge is 0.371 e. The van der Waals surface area contributed by atoms with Crippen molar-refractivity contribution in [3.8, 4) is 0 Å². The molecule has 1 aromatic rings. The van der Waals surface area contributed by atoms with E-state index in [4.69, 9.17) is 5.73 Å². The molecule has 2 aliphatic rings. The molecular weight excluding hydrogens is 255 g/mol. The molecule has 1 saturated heterocycles. The SMILES string of the molecule is NC1CCC2CN(c3ccnc(C(F)(F)F)c3)CC12. The minimum atomic E-state index is -4.39. The van der Waals surface area contributed by atoms with Gasteiger partial charge in [-0.2, -0.15) is 13.2 Å². The van der Waals surface area contributed by atoms with E-state index in [1.54, 1.807) is 6.07 Å². The summed E-state index contributed by atoms with van der Waals surface area (Å²) < 4.78 is 37.9. The second kappa shape index (κ2) is 4.37. The zero-order valence-corrected chi connectivity index (χ0v) is 10.4. The van der Waals surface area contributed by atoms with Crippen molar-refractivity contribution in [1.82, 2.24) is 4.98 Å². The third-order valence-corrected chi connectivity index (χ3v) is 4.31. The van der Waals surface area contributed by atoms with Crippen LogP contribution in [0.3, 0.4) is 0 Å². The lowest BCUT2D eigenvalue weighted by molar-refractivity contribution is -0.141. The summed E-state index contributed by atoms with van der Waals surface area (Å²) in [6, 6.07) is 2.97. The van der Waals surface area contributed by atoms with E-state index in [1.165, 1.54) is 6.20 Å². The molecule has 2 N–H and O–H groups in total. The van der Waals surface area contributed by atoms with E-state index in [1.807, 2.05) is 4.90 Å². The second-order valence-corrected chi connectivity index (χ2v) is 5.47. The number of hydrogen-bond acceptors (Lipinski definition) is 3. The summed E-state index contributed by atoms with van der Waals surface area (Å²) in [6.07, 6.45) is -1.04. The Hall–Kier alpha value is -1.30. The van der Waals surface area contributed by atoms with Gasteiger partial charge in [0.2, 0.25) is 0 Å². The van der Waals surface area contributed by atoms with Crippen LogP contribution in [-0.4, -0.2) is 24.1 Å². The first-order valence-electron chi connectivity index (χ1n) is 6.49. The molecule has 0 radical (unpaired) electrons. The molecule has 6 heteroatoms. The first kappa shape index (κ1) is 12.7. The van der Waals surface area contributed by atoms with E-state index in [9.17, 15) is 13.2 Å². The highest BCUT2D eigenvalue weighted by molar-refractivity contribution is 5.48. The predicted molar refractivity (Wildman–Crippen MR) is 65.6 cm³/mol. The van der Waals surface area contributed by atoms with Gasteiger partial charge in [0.05, 0.1) is 0 Å². The average molecular weight is 271 g/mol. The number of aromatic nitrogens is 1. The van der Waals surface area contributed by atoms with Gasteiger partial charge in [-0.1, -0.05) is 0 Å². The van der Waals surface area contributed by atoms with Gasteiger partial charge in [-0.15, -0.1) is 0 Å². The predicted octanol–water partition coefficient (Wildman–Crippen LogP) is 2.27. The molecule has 0 amide bonds. The van der Waals surface area contributed by atoms with Gasteiger partial charge in [-0.25, -0.2) is 0 Å². The van der Waals surface area contributed by atoms with Crippen LogP contribution >= 0.6 is 0 Å². The van der Waals surface area contributed by atoms with Gasteiger partial charge in [0, 0.05) is 31.0 Å². The number of nitrogens with zero attached hydrogens (tertiary/aromatic N) is 2. The van der Waals surface area contributed by atoms with E-state index < -0.39 is 11.9 Å². The van der Waals surface area contributed by atoms with Gasteiger partial charge in [0.15, 0.2) is 0 Å². The molecule has 0 bridgehead atoms. The van der Waals surface area contributed by atoms with E-state index in [-0.39, 0.29) is 6.04 Å². The van der Waals surface area contributed by atoms with Crippen molar-refractivity contribution >= 4 is 5.69 Å². The Morgan fingerprint density at radius 2 is 2.05 bits per heavy atom. The molecule has 2 fully saturated rings. The Kier molecular flexibility index (Phi) is 2.92. The number of rotatable bonds is 1. The molecule has 1 saturated carbocycles. The molecule has 1 aromatic heterocycles. The first-order chi connectivity index (χ1) is 8.95.